The Labute approximate surface area is 115 Å². The van der Waals surface area contributed by atoms with Crippen molar-refractivity contribution in [3.05, 3.63) is 0 Å². The Morgan fingerprint density at radius 1 is 1.22 bits per heavy atom. The monoisotopic (exact) mass is 270 g/mol. The number of thioether (sulfide) groups is 1. The highest BCUT2D eigenvalue weighted by molar-refractivity contribution is 8.00. The van der Waals surface area contributed by atoms with E-state index >= 15 is 0 Å². The molecule has 0 radical (unpaired) electrons. The minimum absolute atomic E-state index is 0.0480. The number of hydrogen-bond acceptors (Lipinski definition) is 3. The van der Waals surface area contributed by atoms with Crippen LogP contribution in [-0.2, 0) is 4.79 Å². The van der Waals surface area contributed by atoms with Gasteiger partial charge in [0.25, 0.3) is 0 Å². The summed E-state index contributed by atoms with van der Waals surface area (Å²) in [6.07, 6.45) is 8.83. The van der Waals surface area contributed by atoms with Crippen molar-refractivity contribution in [2.24, 2.45) is 0 Å². The molecule has 1 amide bonds. The molecular formula is C14H26N2OS. The zero-order valence-electron chi connectivity index (χ0n) is 11.4. The number of carbonyl (C=O) groups is 1. The van der Waals surface area contributed by atoms with Crippen molar-refractivity contribution in [1.82, 2.24) is 10.6 Å². The fraction of sp³-hybridized carbons (Fsp3) is 0.929. The molecular weight excluding hydrogens is 244 g/mol. The molecule has 104 valence electrons. The fourth-order valence-electron chi connectivity index (χ4n) is 2.78. The lowest BCUT2D eigenvalue weighted by molar-refractivity contribution is -0.123. The van der Waals surface area contributed by atoms with Crippen LogP contribution in [0.2, 0.25) is 0 Å². The van der Waals surface area contributed by atoms with E-state index in [9.17, 15) is 4.79 Å². The Kier molecular flexibility index (Phi) is 5.83. The van der Waals surface area contributed by atoms with Crippen molar-refractivity contribution >= 4 is 17.7 Å². The minimum Gasteiger partial charge on any atom is -0.352 e. The first kappa shape index (κ1) is 14.2. The predicted octanol–water partition coefficient (Wildman–Crippen LogP) is 2.31. The number of rotatable bonds is 5. The van der Waals surface area contributed by atoms with Crippen LogP contribution in [0.15, 0.2) is 0 Å². The van der Waals surface area contributed by atoms with Crippen molar-refractivity contribution in [3.8, 4) is 0 Å². The topological polar surface area (TPSA) is 41.1 Å². The van der Waals surface area contributed by atoms with Gasteiger partial charge in [-0.1, -0.05) is 19.3 Å². The summed E-state index contributed by atoms with van der Waals surface area (Å²) >= 11 is 2.04. The lowest BCUT2D eigenvalue weighted by Crippen LogP contribution is -2.48. The van der Waals surface area contributed by atoms with Crippen LogP contribution < -0.4 is 10.6 Å². The van der Waals surface area contributed by atoms with Gasteiger partial charge in [-0.15, -0.1) is 0 Å². The summed E-state index contributed by atoms with van der Waals surface area (Å²) < 4.78 is 0. The summed E-state index contributed by atoms with van der Waals surface area (Å²) in [5, 5.41) is 7.28. The van der Waals surface area contributed by atoms with E-state index in [-0.39, 0.29) is 11.9 Å². The number of hydrogen-bond donors (Lipinski definition) is 2. The summed E-state index contributed by atoms with van der Waals surface area (Å²) in [4.78, 5) is 12.0. The Morgan fingerprint density at radius 3 is 2.67 bits per heavy atom. The standard InChI is InChI=1S/C14H26N2OS/c1-11(15-10-13-8-5-9-18-13)14(17)16-12-6-3-2-4-7-12/h11-13,15H,2-10H2,1H3,(H,16,17). The number of nitrogens with one attached hydrogen (secondary N) is 2. The molecule has 3 nitrogen and oxygen atoms in total. The predicted molar refractivity (Wildman–Crippen MR) is 78.0 cm³/mol. The Morgan fingerprint density at radius 2 is 2.00 bits per heavy atom. The smallest absolute Gasteiger partial charge is 0.237 e. The fourth-order valence-corrected chi connectivity index (χ4v) is 3.99. The second kappa shape index (κ2) is 7.39. The molecule has 0 spiro atoms. The van der Waals surface area contributed by atoms with Crippen molar-refractivity contribution in [3.63, 3.8) is 0 Å². The van der Waals surface area contributed by atoms with Gasteiger partial charge in [-0.05, 0) is 38.4 Å². The molecule has 1 heterocycles. The van der Waals surface area contributed by atoms with Crippen molar-refractivity contribution in [2.45, 2.75) is 69.2 Å². The first-order valence-electron chi connectivity index (χ1n) is 7.41. The second-order valence-electron chi connectivity index (χ2n) is 5.61. The van der Waals surface area contributed by atoms with Gasteiger partial charge in [0.05, 0.1) is 6.04 Å². The maximum absolute atomic E-state index is 12.0. The van der Waals surface area contributed by atoms with E-state index < -0.39 is 0 Å². The van der Waals surface area contributed by atoms with Gasteiger partial charge in [0.1, 0.15) is 0 Å². The van der Waals surface area contributed by atoms with Gasteiger partial charge >= 0.3 is 0 Å². The number of carbonyl (C=O) groups excluding carboxylic acids is 1. The normalized spacial score (nSPS) is 27.1. The summed E-state index contributed by atoms with van der Waals surface area (Å²) in [6.45, 7) is 2.96. The van der Waals surface area contributed by atoms with Crippen LogP contribution in [0.1, 0.15) is 51.9 Å². The Hall–Kier alpha value is -0.220. The maximum atomic E-state index is 12.0. The van der Waals surface area contributed by atoms with Gasteiger partial charge in [0.15, 0.2) is 0 Å². The van der Waals surface area contributed by atoms with Crippen LogP contribution in [0.5, 0.6) is 0 Å². The summed E-state index contributed by atoms with van der Waals surface area (Å²) in [6, 6.07) is 0.379. The SMILES string of the molecule is CC(NCC1CCCS1)C(=O)NC1CCCCC1. The van der Waals surface area contributed by atoms with E-state index in [1.807, 2.05) is 18.7 Å². The molecule has 1 saturated heterocycles. The Balaban J connectivity index is 1.63. The zero-order valence-corrected chi connectivity index (χ0v) is 12.2. The minimum atomic E-state index is -0.0480. The van der Waals surface area contributed by atoms with Crippen LogP contribution in [0, 0.1) is 0 Å². The molecule has 1 aliphatic heterocycles. The van der Waals surface area contributed by atoms with E-state index in [4.69, 9.17) is 0 Å². The van der Waals surface area contributed by atoms with Gasteiger partial charge in [0.2, 0.25) is 5.91 Å². The van der Waals surface area contributed by atoms with E-state index in [2.05, 4.69) is 10.6 Å². The highest BCUT2D eigenvalue weighted by atomic mass is 32.2. The van der Waals surface area contributed by atoms with E-state index in [1.165, 1.54) is 37.9 Å². The van der Waals surface area contributed by atoms with E-state index in [0.29, 0.717) is 6.04 Å². The highest BCUT2D eigenvalue weighted by Gasteiger charge is 2.21. The maximum Gasteiger partial charge on any atom is 0.237 e. The molecule has 4 heteroatoms. The van der Waals surface area contributed by atoms with E-state index in [0.717, 1.165) is 24.6 Å². The summed E-state index contributed by atoms with van der Waals surface area (Å²) in [5.74, 6) is 1.47. The molecule has 2 fully saturated rings. The van der Waals surface area contributed by atoms with Gasteiger partial charge in [-0.2, -0.15) is 11.8 Å². The Bertz CT molecular complexity index is 261. The first-order valence-corrected chi connectivity index (χ1v) is 8.46. The molecule has 2 rings (SSSR count). The molecule has 0 aromatic carbocycles. The third kappa shape index (κ3) is 4.47. The van der Waals surface area contributed by atoms with Crippen LogP contribution >= 0.6 is 11.8 Å². The average molecular weight is 270 g/mol. The third-order valence-electron chi connectivity index (χ3n) is 4.02. The molecule has 2 aliphatic rings. The molecule has 0 bridgehead atoms. The lowest BCUT2D eigenvalue weighted by Gasteiger charge is -2.25. The molecule has 0 aromatic heterocycles. The molecule has 18 heavy (non-hydrogen) atoms. The molecule has 1 saturated carbocycles. The molecule has 2 unspecified atom stereocenters. The largest absolute Gasteiger partial charge is 0.352 e. The first-order chi connectivity index (χ1) is 8.75. The number of amides is 1. The van der Waals surface area contributed by atoms with Gasteiger partial charge in [-0.25, -0.2) is 0 Å². The second-order valence-corrected chi connectivity index (χ2v) is 7.02. The van der Waals surface area contributed by atoms with Crippen LogP contribution in [0.25, 0.3) is 0 Å². The van der Waals surface area contributed by atoms with Crippen LogP contribution in [-0.4, -0.2) is 35.5 Å². The zero-order chi connectivity index (χ0) is 12.8. The van der Waals surface area contributed by atoms with Gasteiger partial charge < -0.3 is 10.6 Å². The van der Waals surface area contributed by atoms with Crippen LogP contribution in [0.3, 0.4) is 0 Å². The van der Waals surface area contributed by atoms with E-state index in [1.54, 1.807) is 0 Å². The molecule has 0 aromatic rings. The summed E-state index contributed by atoms with van der Waals surface area (Å²) in [5.41, 5.74) is 0. The van der Waals surface area contributed by atoms with Crippen molar-refractivity contribution in [1.29, 1.82) is 0 Å². The van der Waals surface area contributed by atoms with Crippen LogP contribution in [0.4, 0.5) is 0 Å². The molecule has 2 N–H and O–H groups in total. The summed E-state index contributed by atoms with van der Waals surface area (Å²) in [7, 11) is 0. The van der Waals surface area contributed by atoms with Gasteiger partial charge in [0, 0.05) is 17.8 Å². The lowest BCUT2D eigenvalue weighted by atomic mass is 9.95. The molecule has 2 atom stereocenters. The third-order valence-corrected chi connectivity index (χ3v) is 5.42. The average Bonchev–Trinajstić information content (AvgIpc) is 2.90. The molecule has 1 aliphatic carbocycles. The highest BCUT2D eigenvalue weighted by Crippen LogP contribution is 2.25. The quantitative estimate of drug-likeness (QED) is 0.805. The van der Waals surface area contributed by atoms with Crippen molar-refractivity contribution in [2.75, 3.05) is 12.3 Å². The van der Waals surface area contributed by atoms with Gasteiger partial charge in [-0.3, -0.25) is 4.79 Å². The van der Waals surface area contributed by atoms with Crippen molar-refractivity contribution < 1.29 is 4.79 Å².